The van der Waals surface area contributed by atoms with Gasteiger partial charge in [0.05, 0.1) is 5.69 Å². The summed E-state index contributed by atoms with van der Waals surface area (Å²) in [7, 11) is 0. The van der Waals surface area contributed by atoms with Gasteiger partial charge in [0.25, 0.3) is 0 Å². The van der Waals surface area contributed by atoms with Crippen molar-refractivity contribution in [3.05, 3.63) is 57.1 Å². The van der Waals surface area contributed by atoms with Crippen LogP contribution in [0.2, 0.25) is 0 Å². The van der Waals surface area contributed by atoms with Gasteiger partial charge in [0.1, 0.15) is 0 Å². The molecule has 2 aromatic heterocycles. The summed E-state index contributed by atoms with van der Waals surface area (Å²) in [6.07, 6.45) is 3.50. The van der Waals surface area contributed by atoms with Crippen molar-refractivity contribution in [2.24, 2.45) is 0 Å². The summed E-state index contributed by atoms with van der Waals surface area (Å²) in [5, 5.41) is 7.74. The van der Waals surface area contributed by atoms with Crippen LogP contribution in [0.3, 0.4) is 0 Å². The van der Waals surface area contributed by atoms with Gasteiger partial charge in [-0.25, -0.2) is 4.98 Å². The van der Waals surface area contributed by atoms with Crippen molar-refractivity contribution in [2.75, 3.05) is 5.32 Å². The fourth-order valence-electron chi connectivity index (χ4n) is 2.71. The average molecular weight is 371 g/mol. The number of carbonyl (C=O) groups excluding carboxylic acids is 1. The summed E-state index contributed by atoms with van der Waals surface area (Å²) in [4.78, 5) is 17.9. The first kappa shape index (κ1) is 17.8. The number of thiophene rings is 1. The Balaban J connectivity index is 1.64. The number of amides is 1. The smallest absolute Gasteiger partial charge is 0.226 e. The lowest BCUT2D eigenvalue weighted by Crippen LogP contribution is -2.11. The maximum absolute atomic E-state index is 12.1. The highest BCUT2D eigenvalue weighted by atomic mass is 32.1. The minimum Gasteiger partial charge on any atom is -0.302 e. The maximum atomic E-state index is 12.1. The van der Waals surface area contributed by atoms with E-state index in [0.29, 0.717) is 11.6 Å². The lowest BCUT2D eigenvalue weighted by Gasteiger charge is -2.02. The fourth-order valence-corrected chi connectivity index (χ4v) is 4.27. The normalized spacial score (nSPS) is 10.8. The highest BCUT2D eigenvalue weighted by molar-refractivity contribution is 7.16. The zero-order valence-electron chi connectivity index (χ0n) is 14.5. The lowest BCUT2D eigenvalue weighted by molar-refractivity contribution is -0.116. The predicted octanol–water partition coefficient (Wildman–Crippen LogP) is 5.70. The van der Waals surface area contributed by atoms with Crippen molar-refractivity contribution in [3.8, 4) is 11.3 Å². The molecule has 3 nitrogen and oxygen atoms in total. The third-order valence-electron chi connectivity index (χ3n) is 4.03. The van der Waals surface area contributed by atoms with Gasteiger partial charge in [-0.3, -0.25) is 4.79 Å². The summed E-state index contributed by atoms with van der Waals surface area (Å²) in [6.45, 7) is 4.24. The first-order valence-corrected chi connectivity index (χ1v) is 10.3. The van der Waals surface area contributed by atoms with Crippen molar-refractivity contribution in [1.82, 2.24) is 4.98 Å². The van der Waals surface area contributed by atoms with Gasteiger partial charge >= 0.3 is 0 Å². The number of anilines is 1. The molecule has 0 aliphatic rings. The van der Waals surface area contributed by atoms with E-state index in [1.54, 1.807) is 11.3 Å². The fraction of sp³-hybridized carbons (Fsp3) is 0.300. The number of aryl methyl sites for hydroxylation is 3. The van der Waals surface area contributed by atoms with Crippen LogP contribution < -0.4 is 5.32 Å². The van der Waals surface area contributed by atoms with E-state index < -0.39 is 0 Å². The Hall–Kier alpha value is -1.98. The van der Waals surface area contributed by atoms with Gasteiger partial charge in [0.2, 0.25) is 5.91 Å². The van der Waals surface area contributed by atoms with Crippen LogP contribution in [-0.4, -0.2) is 10.9 Å². The van der Waals surface area contributed by atoms with Gasteiger partial charge in [-0.1, -0.05) is 37.6 Å². The first-order chi connectivity index (χ1) is 12.2. The first-order valence-electron chi connectivity index (χ1n) is 8.53. The van der Waals surface area contributed by atoms with Crippen molar-refractivity contribution in [2.45, 2.75) is 39.5 Å². The second kappa shape index (κ2) is 8.41. The minimum absolute atomic E-state index is 0.0183. The maximum Gasteiger partial charge on any atom is 0.226 e. The van der Waals surface area contributed by atoms with Gasteiger partial charge < -0.3 is 5.32 Å². The summed E-state index contributed by atoms with van der Waals surface area (Å²) >= 11 is 3.19. The van der Waals surface area contributed by atoms with E-state index in [4.69, 9.17) is 0 Å². The van der Waals surface area contributed by atoms with Crippen LogP contribution in [0.1, 0.15) is 35.8 Å². The number of hydrogen-bond donors (Lipinski definition) is 1. The van der Waals surface area contributed by atoms with Gasteiger partial charge in [-0.05, 0) is 47.7 Å². The summed E-state index contributed by atoms with van der Waals surface area (Å²) < 4.78 is 0. The van der Waals surface area contributed by atoms with Crippen LogP contribution in [-0.2, 0) is 17.6 Å². The molecular weight excluding hydrogens is 348 g/mol. The van der Waals surface area contributed by atoms with Crippen LogP contribution >= 0.6 is 22.7 Å². The molecule has 0 fully saturated rings. The largest absolute Gasteiger partial charge is 0.302 e. The molecule has 0 aliphatic heterocycles. The summed E-state index contributed by atoms with van der Waals surface area (Å²) in [5.74, 6) is 0.0183. The Morgan fingerprint density at radius 3 is 2.60 bits per heavy atom. The zero-order chi connectivity index (χ0) is 17.6. The number of benzene rings is 1. The highest BCUT2D eigenvalue weighted by Gasteiger charge is 2.12. The Bertz CT molecular complexity index is 820. The molecule has 1 amide bonds. The zero-order valence-corrected chi connectivity index (χ0v) is 16.2. The molecule has 5 heteroatoms. The molecule has 130 valence electrons. The lowest BCUT2D eigenvalue weighted by atomic mass is 10.1. The standard InChI is InChI=1S/C20H22N2OS2/c1-3-4-15-5-8-17(9-6-15)19-14(2)25-20(22-19)21-18(23)10-7-16-11-12-24-13-16/h5-6,8-9,11-13H,3-4,7,10H2,1-2H3,(H,21,22,23). The summed E-state index contributed by atoms with van der Waals surface area (Å²) in [6, 6.07) is 10.6. The molecule has 3 aromatic rings. The molecule has 0 aliphatic carbocycles. The topological polar surface area (TPSA) is 42.0 Å². The molecule has 3 rings (SSSR count). The van der Waals surface area contributed by atoms with E-state index in [-0.39, 0.29) is 5.91 Å². The van der Waals surface area contributed by atoms with Gasteiger partial charge in [-0.15, -0.1) is 11.3 Å². The van der Waals surface area contributed by atoms with Crippen molar-refractivity contribution >= 4 is 33.7 Å². The second-order valence-electron chi connectivity index (χ2n) is 6.05. The molecule has 0 saturated carbocycles. The molecule has 0 radical (unpaired) electrons. The number of carbonyl (C=O) groups is 1. The molecule has 2 heterocycles. The molecule has 0 bridgehead atoms. The molecule has 1 aromatic carbocycles. The minimum atomic E-state index is 0.0183. The van der Waals surface area contributed by atoms with Crippen molar-refractivity contribution < 1.29 is 4.79 Å². The molecule has 25 heavy (non-hydrogen) atoms. The average Bonchev–Trinajstić information content (AvgIpc) is 3.24. The number of thiazole rings is 1. The van der Waals surface area contributed by atoms with Crippen LogP contribution in [0.5, 0.6) is 0 Å². The van der Waals surface area contributed by atoms with Crippen LogP contribution in [0.15, 0.2) is 41.1 Å². The Kier molecular flexibility index (Phi) is 6.00. The number of hydrogen-bond acceptors (Lipinski definition) is 4. The molecule has 0 spiro atoms. The third kappa shape index (κ3) is 4.77. The van der Waals surface area contributed by atoms with Crippen LogP contribution in [0.4, 0.5) is 5.13 Å². The van der Waals surface area contributed by atoms with Gasteiger partial charge in [0.15, 0.2) is 5.13 Å². The molecule has 1 N–H and O–H groups in total. The van der Waals surface area contributed by atoms with Crippen LogP contribution in [0.25, 0.3) is 11.3 Å². The molecule has 0 saturated heterocycles. The van der Waals surface area contributed by atoms with Gasteiger partial charge in [0, 0.05) is 16.9 Å². The highest BCUT2D eigenvalue weighted by Crippen LogP contribution is 2.30. The monoisotopic (exact) mass is 370 g/mol. The van der Waals surface area contributed by atoms with E-state index in [9.17, 15) is 4.79 Å². The van der Waals surface area contributed by atoms with E-state index >= 15 is 0 Å². The molecular formula is C20H22N2OS2. The van der Waals surface area contributed by atoms with Crippen LogP contribution in [0, 0.1) is 6.92 Å². The Morgan fingerprint density at radius 2 is 1.92 bits per heavy atom. The van der Waals surface area contributed by atoms with Crippen molar-refractivity contribution in [3.63, 3.8) is 0 Å². The van der Waals surface area contributed by atoms with Crippen molar-refractivity contribution in [1.29, 1.82) is 0 Å². The number of nitrogens with one attached hydrogen (secondary N) is 1. The van der Waals surface area contributed by atoms with E-state index in [1.807, 2.05) is 12.3 Å². The van der Waals surface area contributed by atoms with Gasteiger partial charge in [-0.2, -0.15) is 11.3 Å². The van der Waals surface area contributed by atoms with E-state index in [0.717, 1.165) is 35.4 Å². The number of aromatic nitrogens is 1. The quantitative estimate of drug-likeness (QED) is 0.579. The SMILES string of the molecule is CCCc1ccc(-c2nc(NC(=O)CCc3ccsc3)sc2C)cc1. The number of nitrogens with zero attached hydrogens (tertiary/aromatic N) is 1. The van der Waals surface area contributed by atoms with E-state index in [1.165, 1.54) is 22.5 Å². The molecule has 0 atom stereocenters. The van der Waals surface area contributed by atoms with E-state index in [2.05, 4.69) is 52.9 Å². The number of rotatable bonds is 7. The Labute approximate surface area is 156 Å². The summed E-state index contributed by atoms with van der Waals surface area (Å²) in [5.41, 5.74) is 4.62. The Morgan fingerprint density at radius 1 is 1.12 bits per heavy atom. The third-order valence-corrected chi connectivity index (χ3v) is 5.65. The molecule has 0 unspecified atom stereocenters. The predicted molar refractivity (Wildman–Crippen MR) is 108 cm³/mol. The second-order valence-corrected chi connectivity index (χ2v) is 8.03.